The second kappa shape index (κ2) is 5.59. The third-order valence-corrected chi connectivity index (χ3v) is 3.78. The van der Waals surface area contributed by atoms with Gasteiger partial charge in [-0.1, -0.05) is 12.8 Å². The van der Waals surface area contributed by atoms with Crippen LogP contribution in [-0.2, 0) is 0 Å². The van der Waals surface area contributed by atoms with Crippen LogP contribution in [-0.4, -0.2) is 44.5 Å². The summed E-state index contributed by atoms with van der Waals surface area (Å²) in [4.78, 5) is 10.8. The van der Waals surface area contributed by atoms with Crippen LogP contribution in [0.4, 0.5) is 11.8 Å². The van der Waals surface area contributed by atoms with Crippen molar-refractivity contribution in [3.63, 3.8) is 0 Å². The number of aromatic amines is 1. The molecule has 0 radical (unpaired) electrons. The Kier molecular flexibility index (Phi) is 3.66. The molecule has 1 saturated heterocycles. The molecule has 2 aromatic heterocycles. The summed E-state index contributed by atoms with van der Waals surface area (Å²) in [5.74, 6) is 6.55. The Hall–Kier alpha value is -1.93. The molecule has 8 nitrogen and oxygen atoms in total. The highest BCUT2D eigenvalue weighted by Crippen LogP contribution is 2.28. The summed E-state index contributed by atoms with van der Waals surface area (Å²) in [5.41, 5.74) is 3.12. The van der Waals surface area contributed by atoms with Crippen LogP contribution in [0.25, 0.3) is 11.0 Å². The van der Waals surface area contributed by atoms with Crippen molar-refractivity contribution < 1.29 is 5.11 Å². The first-order valence-corrected chi connectivity index (χ1v) is 6.88. The van der Waals surface area contributed by atoms with Crippen LogP contribution >= 0.6 is 0 Å². The fraction of sp³-hybridized carbons (Fsp3) is 0.583. The van der Waals surface area contributed by atoms with Crippen molar-refractivity contribution in [1.29, 1.82) is 0 Å². The number of H-pyrrole nitrogens is 1. The van der Waals surface area contributed by atoms with Gasteiger partial charge in [0.05, 0.1) is 24.2 Å². The number of anilines is 2. The predicted octanol–water partition coefficient (Wildman–Crippen LogP) is 0.380. The van der Waals surface area contributed by atoms with Crippen LogP contribution in [0.3, 0.4) is 0 Å². The molecule has 8 heteroatoms. The smallest absolute Gasteiger partial charge is 0.241 e. The fourth-order valence-corrected chi connectivity index (χ4v) is 2.75. The summed E-state index contributed by atoms with van der Waals surface area (Å²) < 4.78 is 0. The summed E-state index contributed by atoms with van der Waals surface area (Å²) >= 11 is 0. The number of nitrogen functional groups attached to an aromatic ring is 1. The van der Waals surface area contributed by atoms with Gasteiger partial charge in [0.15, 0.2) is 5.65 Å². The molecule has 1 atom stereocenters. The van der Waals surface area contributed by atoms with Gasteiger partial charge in [-0.05, 0) is 12.8 Å². The normalized spacial score (nSPS) is 20.1. The Morgan fingerprint density at radius 2 is 2.30 bits per heavy atom. The lowest BCUT2D eigenvalue weighted by Crippen LogP contribution is -2.38. The van der Waals surface area contributed by atoms with Gasteiger partial charge in [0.1, 0.15) is 5.82 Å². The minimum Gasteiger partial charge on any atom is -0.394 e. The number of hydrogen-bond donors (Lipinski definition) is 4. The number of aliphatic hydroxyl groups excluding tert-OH is 1. The fourth-order valence-electron chi connectivity index (χ4n) is 2.75. The summed E-state index contributed by atoms with van der Waals surface area (Å²) in [7, 11) is 0. The highest BCUT2D eigenvalue weighted by Gasteiger charge is 2.24. The molecule has 108 valence electrons. The van der Waals surface area contributed by atoms with Crippen LogP contribution in [0.15, 0.2) is 6.20 Å². The number of hydrogen-bond acceptors (Lipinski definition) is 7. The van der Waals surface area contributed by atoms with Gasteiger partial charge in [-0.25, -0.2) is 5.84 Å². The van der Waals surface area contributed by atoms with Gasteiger partial charge in [0, 0.05) is 6.54 Å². The maximum absolute atomic E-state index is 9.65. The number of hydrazine groups is 1. The topological polar surface area (TPSA) is 116 Å². The van der Waals surface area contributed by atoms with E-state index >= 15 is 0 Å². The lowest BCUT2D eigenvalue weighted by atomic mass is 10.1. The molecule has 5 N–H and O–H groups in total. The second-order valence-corrected chi connectivity index (χ2v) is 5.03. The van der Waals surface area contributed by atoms with Gasteiger partial charge in [-0.3, -0.25) is 10.5 Å². The summed E-state index contributed by atoms with van der Waals surface area (Å²) in [6.07, 6.45) is 6.07. The molecule has 1 aliphatic heterocycles. The maximum Gasteiger partial charge on any atom is 0.241 e. The number of nitrogens with two attached hydrogens (primary N) is 1. The summed E-state index contributed by atoms with van der Waals surface area (Å²) in [6.45, 7) is 0.987. The quantitative estimate of drug-likeness (QED) is 0.473. The zero-order valence-electron chi connectivity index (χ0n) is 11.2. The molecular weight excluding hydrogens is 258 g/mol. The summed E-state index contributed by atoms with van der Waals surface area (Å²) in [5, 5.41) is 17.4. The highest BCUT2D eigenvalue weighted by molar-refractivity contribution is 5.87. The molecule has 20 heavy (non-hydrogen) atoms. The Bertz CT molecular complexity index is 584. The van der Waals surface area contributed by atoms with Crippen molar-refractivity contribution in [2.45, 2.75) is 31.7 Å². The van der Waals surface area contributed by atoms with E-state index in [1.807, 2.05) is 0 Å². The number of aliphatic hydroxyl groups is 1. The lowest BCUT2D eigenvalue weighted by molar-refractivity contribution is 0.255. The van der Waals surface area contributed by atoms with Gasteiger partial charge in [-0.2, -0.15) is 15.1 Å². The van der Waals surface area contributed by atoms with Gasteiger partial charge >= 0.3 is 0 Å². The van der Waals surface area contributed by atoms with E-state index in [0.29, 0.717) is 11.6 Å². The average molecular weight is 277 g/mol. The first-order chi connectivity index (χ1) is 9.83. The first-order valence-electron chi connectivity index (χ1n) is 6.88. The minimum absolute atomic E-state index is 0.0797. The predicted molar refractivity (Wildman–Crippen MR) is 76.2 cm³/mol. The van der Waals surface area contributed by atoms with Gasteiger partial charge in [0.2, 0.25) is 5.95 Å². The van der Waals surface area contributed by atoms with Crippen molar-refractivity contribution in [3.05, 3.63) is 6.20 Å². The Morgan fingerprint density at radius 1 is 1.40 bits per heavy atom. The number of nitrogens with one attached hydrogen (secondary N) is 2. The standard InChI is InChI=1S/C12H19N7O/c13-17-12-15-10-9(6-14-18-10)11(16-12)19-5-3-1-2-4-8(19)7-20/h6,8,20H,1-5,7,13H2,(H2,14,15,16,17,18). The third-order valence-electron chi connectivity index (χ3n) is 3.78. The molecular formula is C12H19N7O. The molecule has 1 unspecified atom stereocenters. The first kappa shape index (κ1) is 13.1. The summed E-state index contributed by atoms with van der Waals surface area (Å²) in [6, 6.07) is 0.0797. The van der Waals surface area contributed by atoms with Gasteiger partial charge in [-0.15, -0.1) is 0 Å². The van der Waals surface area contributed by atoms with Crippen molar-refractivity contribution in [2.75, 3.05) is 23.5 Å². The van der Waals surface area contributed by atoms with E-state index in [2.05, 4.69) is 30.5 Å². The van der Waals surface area contributed by atoms with Crippen LogP contribution in [0.5, 0.6) is 0 Å². The Labute approximate surface area is 116 Å². The van der Waals surface area contributed by atoms with Crippen molar-refractivity contribution in [2.24, 2.45) is 5.84 Å². The van der Waals surface area contributed by atoms with Crippen molar-refractivity contribution in [3.8, 4) is 0 Å². The number of fused-ring (bicyclic) bond motifs is 1. The SMILES string of the molecule is NNc1nc(N2CCCCCC2CO)c2cn[nH]c2n1. The zero-order valence-corrected chi connectivity index (χ0v) is 11.2. The molecule has 1 aliphatic rings. The molecule has 1 fully saturated rings. The maximum atomic E-state index is 9.65. The number of aromatic nitrogens is 4. The van der Waals surface area contributed by atoms with E-state index in [9.17, 15) is 5.11 Å². The average Bonchev–Trinajstić information content (AvgIpc) is 2.82. The molecule has 2 aromatic rings. The van der Waals surface area contributed by atoms with E-state index < -0.39 is 0 Å². The third kappa shape index (κ3) is 2.27. The molecule has 0 saturated carbocycles. The second-order valence-electron chi connectivity index (χ2n) is 5.03. The molecule has 0 aliphatic carbocycles. The largest absolute Gasteiger partial charge is 0.394 e. The highest BCUT2D eigenvalue weighted by atomic mass is 16.3. The van der Waals surface area contributed by atoms with Crippen molar-refractivity contribution >= 4 is 22.8 Å². The molecule has 3 heterocycles. The molecule has 0 amide bonds. The van der Waals surface area contributed by atoms with Crippen LogP contribution < -0.4 is 16.2 Å². The van der Waals surface area contributed by atoms with E-state index in [-0.39, 0.29) is 12.6 Å². The van der Waals surface area contributed by atoms with Gasteiger partial charge < -0.3 is 10.0 Å². The van der Waals surface area contributed by atoms with Crippen LogP contribution in [0, 0.1) is 0 Å². The molecule has 3 rings (SSSR count). The monoisotopic (exact) mass is 277 g/mol. The minimum atomic E-state index is 0.0797. The molecule has 0 aromatic carbocycles. The van der Waals surface area contributed by atoms with E-state index in [0.717, 1.165) is 37.0 Å². The molecule has 0 bridgehead atoms. The number of nitrogens with zero attached hydrogens (tertiary/aromatic N) is 4. The Morgan fingerprint density at radius 3 is 3.10 bits per heavy atom. The van der Waals surface area contributed by atoms with Crippen molar-refractivity contribution in [1.82, 2.24) is 20.2 Å². The van der Waals surface area contributed by atoms with E-state index in [4.69, 9.17) is 5.84 Å². The number of rotatable bonds is 3. The zero-order chi connectivity index (χ0) is 13.9. The lowest BCUT2D eigenvalue weighted by Gasteiger charge is -2.30. The molecule has 0 spiro atoms. The van der Waals surface area contributed by atoms with E-state index in [1.165, 1.54) is 6.42 Å². The van der Waals surface area contributed by atoms with Gasteiger partial charge in [0.25, 0.3) is 0 Å². The Balaban J connectivity index is 2.08. The van der Waals surface area contributed by atoms with E-state index in [1.54, 1.807) is 6.20 Å². The van der Waals surface area contributed by atoms with Crippen LogP contribution in [0.1, 0.15) is 25.7 Å². The van der Waals surface area contributed by atoms with Crippen LogP contribution in [0.2, 0.25) is 0 Å².